The maximum absolute atomic E-state index is 9.65. The van der Waals surface area contributed by atoms with Crippen LogP contribution in [0.1, 0.15) is 11.1 Å². The van der Waals surface area contributed by atoms with Gasteiger partial charge in [-0.2, -0.15) is 10.2 Å². The molecule has 0 heterocycles. The van der Waals surface area contributed by atoms with Gasteiger partial charge in [-0.15, -0.1) is 5.10 Å². The van der Waals surface area contributed by atoms with E-state index in [1.165, 1.54) is 60.6 Å². The van der Waals surface area contributed by atoms with E-state index < -0.39 is 0 Å². The van der Waals surface area contributed by atoms with Crippen molar-refractivity contribution in [2.45, 2.75) is 0 Å². The van der Waals surface area contributed by atoms with E-state index in [0.717, 1.165) is 0 Å². The first-order valence-electron chi connectivity index (χ1n) is 6.97. The number of nitrogens with one attached hydrogen (secondary N) is 1. The van der Waals surface area contributed by atoms with Gasteiger partial charge in [0.25, 0.3) is 0 Å². The number of hydrazone groups is 1. The number of hydrogen-bond acceptors (Lipinski definition) is 8. The molecule has 2 rings (SSSR count). The quantitative estimate of drug-likeness (QED) is 0.323. The van der Waals surface area contributed by atoms with Gasteiger partial charge in [0.1, 0.15) is 23.0 Å². The average molecular weight is 360 g/mol. The Bertz CT molecular complexity index is 837. The molecule has 0 radical (unpaired) electrons. The van der Waals surface area contributed by atoms with Crippen LogP contribution in [0.2, 0.25) is 0 Å². The minimum Gasteiger partial charge on any atom is -0.508 e. The van der Waals surface area contributed by atoms with Crippen molar-refractivity contribution in [3.63, 3.8) is 0 Å². The summed E-state index contributed by atoms with van der Waals surface area (Å²) in [5, 5.41) is 49.8. The lowest BCUT2D eigenvalue weighted by atomic mass is 10.2. The van der Waals surface area contributed by atoms with Crippen LogP contribution in [-0.2, 0) is 0 Å². The third-order valence-corrected chi connectivity index (χ3v) is 3.49. The van der Waals surface area contributed by atoms with Crippen molar-refractivity contribution in [3.05, 3.63) is 47.5 Å². The fourth-order valence-corrected chi connectivity index (χ4v) is 1.96. The number of aromatic hydroxyl groups is 4. The fourth-order valence-electron chi connectivity index (χ4n) is 1.69. The molecule has 5 N–H and O–H groups in total. The van der Waals surface area contributed by atoms with E-state index in [-0.39, 0.29) is 23.0 Å². The van der Waals surface area contributed by atoms with Crippen LogP contribution in [-0.4, -0.2) is 44.3 Å². The number of thioether (sulfide) groups is 1. The second-order valence-electron chi connectivity index (χ2n) is 4.71. The maximum Gasteiger partial charge on any atom is 0.203 e. The standard InChI is InChI=1S/C16H16N4O4S/c1-25-16(19-17-8-10-2-4-12(21)6-14(10)23)20-18-9-11-3-5-13(22)7-15(11)24/h2-9,21-24H,1H3,(H,19,20)/b17-8+,18-9+. The zero-order chi connectivity index (χ0) is 18.2. The minimum absolute atomic E-state index is 0.0409. The highest BCUT2D eigenvalue weighted by atomic mass is 32.2. The molecule has 0 saturated heterocycles. The maximum atomic E-state index is 9.65. The van der Waals surface area contributed by atoms with E-state index in [0.29, 0.717) is 16.3 Å². The van der Waals surface area contributed by atoms with E-state index in [9.17, 15) is 20.4 Å². The van der Waals surface area contributed by atoms with E-state index in [4.69, 9.17) is 0 Å². The lowest BCUT2D eigenvalue weighted by Gasteiger charge is -2.01. The number of nitrogens with zero attached hydrogens (tertiary/aromatic N) is 3. The van der Waals surface area contributed by atoms with Crippen molar-refractivity contribution in [1.29, 1.82) is 0 Å². The summed E-state index contributed by atoms with van der Waals surface area (Å²) in [6.45, 7) is 0. The molecule has 0 saturated carbocycles. The van der Waals surface area contributed by atoms with Gasteiger partial charge in [0, 0.05) is 23.3 Å². The summed E-state index contributed by atoms with van der Waals surface area (Å²) in [5.41, 5.74) is 3.48. The van der Waals surface area contributed by atoms with Gasteiger partial charge in [0.05, 0.1) is 12.4 Å². The van der Waals surface area contributed by atoms with E-state index in [2.05, 4.69) is 20.7 Å². The number of amidine groups is 1. The first-order chi connectivity index (χ1) is 12.0. The van der Waals surface area contributed by atoms with Gasteiger partial charge in [-0.25, -0.2) is 0 Å². The summed E-state index contributed by atoms with van der Waals surface area (Å²) in [7, 11) is 0. The van der Waals surface area contributed by atoms with Crippen LogP contribution in [0.4, 0.5) is 0 Å². The molecule has 2 aromatic rings. The molecule has 0 aliphatic carbocycles. The van der Waals surface area contributed by atoms with Gasteiger partial charge in [-0.3, -0.25) is 5.43 Å². The molecule has 0 bridgehead atoms. The topological polar surface area (TPSA) is 130 Å². The number of benzene rings is 2. The van der Waals surface area contributed by atoms with Gasteiger partial charge >= 0.3 is 0 Å². The highest BCUT2D eigenvalue weighted by Gasteiger charge is 2.00. The van der Waals surface area contributed by atoms with Crippen LogP contribution in [0.3, 0.4) is 0 Å². The van der Waals surface area contributed by atoms with Crippen molar-refractivity contribution < 1.29 is 20.4 Å². The molecule has 0 fully saturated rings. The third-order valence-electron chi connectivity index (χ3n) is 2.93. The number of rotatable bonds is 4. The molecular weight excluding hydrogens is 344 g/mol. The molecule has 0 aliphatic heterocycles. The Morgan fingerprint density at radius 3 is 2.00 bits per heavy atom. The zero-order valence-corrected chi connectivity index (χ0v) is 14.0. The van der Waals surface area contributed by atoms with E-state index in [1.807, 2.05) is 0 Å². The number of hydrogen-bond donors (Lipinski definition) is 5. The van der Waals surface area contributed by atoms with Crippen LogP contribution >= 0.6 is 11.8 Å². The SMILES string of the molecule is CSC(=N/N=C/c1ccc(O)cc1O)N/N=C/c1ccc(O)cc1O. The van der Waals surface area contributed by atoms with Crippen molar-refractivity contribution in [2.75, 3.05) is 6.26 Å². The van der Waals surface area contributed by atoms with Crippen LogP contribution in [0, 0.1) is 0 Å². The first-order valence-corrected chi connectivity index (χ1v) is 8.20. The summed E-state index contributed by atoms with van der Waals surface area (Å²) in [6, 6.07) is 8.28. The molecule has 9 heteroatoms. The normalized spacial score (nSPS) is 12.1. The Labute approximate surface area is 147 Å². The highest BCUT2D eigenvalue weighted by Crippen LogP contribution is 2.21. The van der Waals surface area contributed by atoms with Crippen molar-refractivity contribution >= 4 is 29.4 Å². The minimum atomic E-state index is -0.113. The highest BCUT2D eigenvalue weighted by molar-refractivity contribution is 8.13. The molecule has 0 aromatic heterocycles. The largest absolute Gasteiger partial charge is 0.508 e. The molecule has 130 valence electrons. The summed E-state index contributed by atoms with van der Waals surface area (Å²) in [4.78, 5) is 0. The summed E-state index contributed by atoms with van der Waals surface area (Å²) in [5.74, 6) is -0.301. The van der Waals surface area contributed by atoms with Crippen molar-refractivity contribution in [3.8, 4) is 23.0 Å². The van der Waals surface area contributed by atoms with Gasteiger partial charge in [0.2, 0.25) is 5.17 Å². The molecule has 25 heavy (non-hydrogen) atoms. The van der Waals surface area contributed by atoms with Gasteiger partial charge in [-0.05, 0) is 30.5 Å². The van der Waals surface area contributed by atoms with E-state index >= 15 is 0 Å². The second-order valence-corrected chi connectivity index (χ2v) is 5.51. The Balaban J connectivity index is 2.02. The lowest BCUT2D eigenvalue weighted by molar-refractivity contribution is 0.449. The van der Waals surface area contributed by atoms with Crippen LogP contribution in [0.5, 0.6) is 23.0 Å². The Kier molecular flexibility index (Phi) is 6.24. The van der Waals surface area contributed by atoms with Gasteiger partial charge < -0.3 is 20.4 Å². The molecule has 0 aliphatic rings. The molecule has 8 nitrogen and oxygen atoms in total. The van der Waals surface area contributed by atoms with Crippen molar-refractivity contribution in [2.24, 2.45) is 15.3 Å². The van der Waals surface area contributed by atoms with Crippen LogP contribution in [0.15, 0.2) is 51.7 Å². The monoisotopic (exact) mass is 360 g/mol. The van der Waals surface area contributed by atoms with E-state index in [1.54, 1.807) is 6.26 Å². The third kappa shape index (κ3) is 5.43. The van der Waals surface area contributed by atoms with Crippen LogP contribution < -0.4 is 5.43 Å². The summed E-state index contributed by atoms with van der Waals surface area (Å²) < 4.78 is 0. The fraction of sp³-hybridized carbons (Fsp3) is 0.0625. The Morgan fingerprint density at radius 1 is 0.920 bits per heavy atom. The predicted octanol–water partition coefficient (Wildman–Crippen LogP) is 2.19. The zero-order valence-electron chi connectivity index (χ0n) is 13.2. The first kappa shape index (κ1) is 18.1. The summed E-state index contributed by atoms with van der Waals surface area (Å²) in [6.07, 6.45) is 4.48. The van der Waals surface area contributed by atoms with Crippen molar-refractivity contribution in [1.82, 2.24) is 5.43 Å². The molecule has 0 atom stereocenters. The molecule has 2 aromatic carbocycles. The van der Waals surface area contributed by atoms with Gasteiger partial charge in [-0.1, -0.05) is 11.8 Å². The number of phenolic OH excluding ortho intramolecular Hbond substituents is 4. The molecule has 0 spiro atoms. The Hall–Kier alpha value is -3.20. The second kappa shape index (κ2) is 8.60. The average Bonchev–Trinajstić information content (AvgIpc) is 2.57. The Morgan fingerprint density at radius 2 is 1.48 bits per heavy atom. The lowest BCUT2D eigenvalue weighted by Crippen LogP contribution is -2.13. The molecular formula is C16H16N4O4S. The van der Waals surface area contributed by atoms with Crippen LogP contribution in [0.25, 0.3) is 0 Å². The van der Waals surface area contributed by atoms with Gasteiger partial charge in [0.15, 0.2) is 0 Å². The molecule has 0 unspecified atom stereocenters. The summed E-state index contributed by atoms with van der Waals surface area (Å²) >= 11 is 1.26. The predicted molar refractivity (Wildman–Crippen MR) is 98.8 cm³/mol. The molecule has 0 amide bonds. The number of phenols is 4. The smallest absolute Gasteiger partial charge is 0.203 e.